The van der Waals surface area contributed by atoms with Gasteiger partial charge in [0.15, 0.2) is 0 Å². The van der Waals surface area contributed by atoms with E-state index in [-0.39, 0.29) is 17.7 Å². The molecular weight excluding hydrogens is 379 g/mol. The third-order valence-electron chi connectivity index (χ3n) is 5.18. The number of rotatable bonds is 4. The van der Waals surface area contributed by atoms with E-state index in [1.54, 1.807) is 0 Å². The van der Waals surface area contributed by atoms with Crippen molar-refractivity contribution in [2.24, 2.45) is 5.92 Å². The van der Waals surface area contributed by atoms with Gasteiger partial charge in [-0.3, -0.25) is 9.59 Å². The largest absolute Gasteiger partial charge is 0.490 e. The lowest BCUT2D eigenvalue weighted by molar-refractivity contribution is -0.192. The van der Waals surface area contributed by atoms with Crippen LogP contribution in [-0.4, -0.2) is 89.1 Å². The Morgan fingerprint density at radius 3 is 2.32 bits per heavy atom. The smallest absolute Gasteiger partial charge is 0.475 e. The fourth-order valence-corrected chi connectivity index (χ4v) is 3.63. The quantitative estimate of drug-likeness (QED) is 0.765. The number of aliphatic carboxylic acids is 1. The van der Waals surface area contributed by atoms with E-state index in [2.05, 4.69) is 11.8 Å². The molecule has 3 fully saturated rings. The van der Waals surface area contributed by atoms with Crippen molar-refractivity contribution < 1.29 is 32.7 Å². The Hall–Kier alpha value is -1.84. The molecule has 1 aliphatic carbocycles. The molecule has 3 aliphatic rings. The van der Waals surface area contributed by atoms with Gasteiger partial charge in [0.25, 0.3) is 0 Å². The number of carbonyl (C=O) groups is 3. The molecule has 7 nitrogen and oxygen atoms in total. The molecule has 160 valence electrons. The summed E-state index contributed by atoms with van der Waals surface area (Å²) in [6, 6.07) is 0.444. The van der Waals surface area contributed by atoms with Crippen molar-refractivity contribution in [2.45, 2.75) is 51.2 Å². The minimum atomic E-state index is -5.08. The maximum absolute atomic E-state index is 12.7. The first-order valence-electron chi connectivity index (χ1n) is 9.74. The van der Waals surface area contributed by atoms with E-state index >= 15 is 0 Å². The van der Waals surface area contributed by atoms with Gasteiger partial charge in [0.1, 0.15) is 0 Å². The molecule has 2 heterocycles. The van der Waals surface area contributed by atoms with Crippen molar-refractivity contribution in [1.29, 1.82) is 0 Å². The predicted molar refractivity (Wildman–Crippen MR) is 94.5 cm³/mol. The normalized spacial score (nSPS) is 23.9. The Morgan fingerprint density at radius 1 is 1.14 bits per heavy atom. The van der Waals surface area contributed by atoms with Crippen LogP contribution in [0.25, 0.3) is 0 Å². The highest BCUT2D eigenvalue weighted by molar-refractivity contribution is 5.89. The molecular formula is C18H28F3N3O4. The van der Waals surface area contributed by atoms with E-state index in [4.69, 9.17) is 9.90 Å². The Bertz CT molecular complexity index is 581. The molecule has 2 amide bonds. The van der Waals surface area contributed by atoms with Crippen LogP contribution in [0, 0.1) is 5.92 Å². The molecule has 0 aromatic heterocycles. The third kappa shape index (κ3) is 6.35. The zero-order valence-corrected chi connectivity index (χ0v) is 16.1. The van der Waals surface area contributed by atoms with Crippen LogP contribution >= 0.6 is 0 Å². The first-order chi connectivity index (χ1) is 13.1. The Kier molecular flexibility index (Phi) is 7.68. The molecule has 1 saturated carbocycles. The lowest BCUT2D eigenvalue weighted by Crippen LogP contribution is -2.40. The molecule has 2 saturated heterocycles. The van der Waals surface area contributed by atoms with Crippen LogP contribution in [0.1, 0.15) is 39.0 Å². The first-order valence-corrected chi connectivity index (χ1v) is 9.74. The molecule has 28 heavy (non-hydrogen) atoms. The van der Waals surface area contributed by atoms with Gasteiger partial charge in [-0.05, 0) is 38.8 Å². The van der Waals surface area contributed by atoms with Crippen molar-refractivity contribution in [3.05, 3.63) is 0 Å². The highest BCUT2D eigenvalue weighted by Gasteiger charge is 2.43. The topological polar surface area (TPSA) is 81.2 Å². The van der Waals surface area contributed by atoms with Gasteiger partial charge in [-0.1, -0.05) is 6.92 Å². The van der Waals surface area contributed by atoms with Gasteiger partial charge in [-0.25, -0.2) is 4.79 Å². The van der Waals surface area contributed by atoms with E-state index in [9.17, 15) is 22.8 Å². The number of amides is 2. The number of carbonyl (C=O) groups excluding carboxylic acids is 2. The predicted octanol–water partition coefficient (Wildman–Crippen LogP) is 1.57. The standard InChI is InChI=1S/C16H27N3O2.C2HF3O2/c1-2-6-17-7-3-8-18(10-9-17)16(21)13-11-15(20)19(12-13)14-4-5-14;3-2(4,5)1(6)7/h13-14H,2-12H2,1H3;(H,6,7). The number of hydrogen-bond acceptors (Lipinski definition) is 4. The molecule has 0 aromatic carbocycles. The summed E-state index contributed by atoms with van der Waals surface area (Å²) in [5, 5.41) is 7.12. The lowest BCUT2D eigenvalue weighted by Gasteiger charge is -2.24. The summed E-state index contributed by atoms with van der Waals surface area (Å²) in [6.45, 7) is 7.74. The van der Waals surface area contributed by atoms with Crippen molar-refractivity contribution >= 4 is 17.8 Å². The fourth-order valence-electron chi connectivity index (χ4n) is 3.63. The van der Waals surface area contributed by atoms with Crippen LogP contribution in [0.15, 0.2) is 0 Å². The van der Waals surface area contributed by atoms with E-state index < -0.39 is 12.1 Å². The van der Waals surface area contributed by atoms with Gasteiger partial charge < -0.3 is 19.8 Å². The number of hydrogen-bond donors (Lipinski definition) is 1. The van der Waals surface area contributed by atoms with Crippen molar-refractivity contribution in [2.75, 3.05) is 39.3 Å². The minimum Gasteiger partial charge on any atom is -0.475 e. The first kappa shape index (κ1) is 22.4. The maximum atomic E-state index is 12.7. The molecule has 2 aliphatic heterocycles. The number of carboxylic acid groups (broad SMARTS) is 1. The molecule has 0 aromatic rings. The van der Waals surface area contributed by atoms with Gasteiger partial charge in [-0.2, -0.15) is 13.2 Å². The van der Waals surface area contributed by atoms with Crippen LogP contribution in [0.4, 0.5) is 13.2 Å². The van der Waals surface area contributed by atoms with E-state index in [1.165, 1.54) is 6.42 Å². The number of likely N-dealkylation sites (tertiary alicyclic amines) is 1. The molecule has 0 bridgehead atoms. The molecule has 1 unspecified atom stereocenters. The van der Waals surface area contributed by atoms with Crippen LogP contribution in [-0.2, 0) is 14.4 Å². The molecule has 0 radical (unpaired) electrons. The van der Waals surface area contributed by atoms with Gasteiger partial charge in [0.05, 0.1) is 5.92 Å². The second-order valence-corrected chi connectivity index (χ2v) is 7.50. The second kappa shape index (κ2) is 9.58. The highest BCUT2D eigenvalue weighted by Crippen LogP contribution is 2.33. The fraction of sp³-hybridized carbons (Fsp3) is 0.833. The van der Waals surface area contributed by atoms with E-state index in [1.807, 2.05) is 9.80 Å². The van der Waals surface area contributed by atoms with Gasteiger partial charge in [0.2, 0.25) is 11.8 Å². The van der Waals surface area contributed by atoms with Gasteiger partial charge >= 0.3 is 12.1 Å². The average Bonchev–Trinajstić information content (AvgIpc) is 3.41. The van der Waals surface area contributed by atoms with E-state index in [0.717, 1.165) is 52.0 Å². The molecule has 0 spiro atoms. The summed E-state index contributed by atoms with van der Waals surface area (Å²) in [7, 11) is 0. The van der Waals surface area contributed by atoms with Gasteiger partial charge in [0, 0.05) is 38.6 Å². The number of carboxylic acids is 1. The minimum absolute atomic E-state index is 0.0872. The zero-order chi connectivity index (χ0) is 20.9. The van der Waals surface area contributed by atoms with Crippen LogP contribution in [0.2, 0.25) is 0 Å². The second-order valence-electron chi connectivity index (χ2n) is 7.50. The Balaban J connectivity index is 0.000000345. The molecule has 1 N–H and O–H groups in total. The zero-order valence-electron chi connectivity index (χ0n) is 16.1. The van der Waals surface area contributed by atoms with Crippen LogP contribution in [0.3, 0.4) is 0 Å². The number of alkyl halides is 3. The van der Waals surface area contributed by atoms with Crippen molar-refractivity contribution in [3.63, 3.8) is 0 Å². The highest BCUT2D eigenvalue weighted by atomic mass is 19.4. The Morgan fingerprint density at radius 2 is 1.79 bits per heavy atom. The SMILES string of the molecule is CCCN1CCCN(C(=O)C2CC(=O)N(C3CC3)C2)CC1.O=C(O)C(F)(F)F. The number of nitrogens with zero attached hydrogens (tertiary/aromatic N) is 3. The molecule has 3 rings (SSSR count). The third-order valence-corrected chi connectivity index (χ3v) is 5.18. The van der Waals surface area contributed by atoms with Crippen molar-refractivity contribution in [3.8, 4) is 0 Å². The summed E-state index contributed by atoms with van der Waals surface area (Å²) >= 11 is 0. The average molecular weight is 407 g/mol. The molecule has 1 atom stereocenters. The van der Waals surface area contributed by atoms with Gasteiger partial charge in [-0.15, -0.1) is 0 Å². The maximum Gasteiger partial charge on any atom is 0.490 e. The summed E-state index contributed by atoms with van der Waals surface area (Å²) in [5.74, 6) is -2.44. The summed E-state index contributed by atoms with van der Waals surface area (Å²) < 4.78 is 31.7. The number of halogens is 3. The van der Waals surface area contributed by atoms with E-state index in [0.29, 0.717) is 19.0 Å². The van der Waals surface area contributed by atoms with Crippen molar-refractivity contribution in [1.82, 2.24) is 14.7 Å². The van der Waals surface area contributed by atoms with Crippen LogP contribution < -0.4 is 0 Å². The summed E-state index contributed by atoms with van der Waals surface area (Å²) in [5.41, 5.74) is 0. The molecule has 10 heteroatoms. The summed E-state index contributed by atoms with van der Waals surface area (Å²) in [6.07, 6.45) is -0.171. The summed E-state index contributed by atoms with van der Waals surface area (Å²) in [4.78, 5) is 40.0. The monoisotopic (exact) mass is 407 g/mol. The lowest BCUT2D eigenvalue weighted by atomic mass is 10.1. The van der Waals surface area contributed by atoms with Crippen LogP contribution in [0.5, 0.6) is 0 Å². The Labute approximate surface area is 162 Å².